The van der Waals surface area contributed by atoms with E-state index in [-0.39, 0.29) is 36.8 Å². The summed E-state index contributed by atoms with van der Waals surface area (Å²) < 4.78 is 0. The van der Waals surface area contributed by atoms with Crippen molar-refractivity contribution in [3.8, 4) is 0 Å². The van der Waals surface area contributed by atoms with E-state index < -0.39 is 0 Å². The third-order valence-corrected chi connectivity index (χ3v) is 5.04. The van der Waals surface area contributed by atoms with E-state index in [0.717, 1.165) is 44.7 Å². The minimum absolute atomic E-state index is 0. The first-order valence-electron chi connectivity index (χ1n) is 8.68. The van der Waals surface area contributed by atoms with Crippen LogP contribution in [-0.2, 0) is 0 Å². The molecule has 1 aromatic rings. The molecule has 5 nitrogen and oxygen atoms in total. The zero-order chi connectivity index (χ0) is 16.4. The molecule has 3 rings (SSSR count). The molecule has 0 unspecified atom stereocenters. The second-order valence-electron chi connectivity index (χ2n) is 6.96. The molecule has 2 aliphatic heterocycles. The summed E-state index contributed by atoms with van der Waals surface area (Å²) in [5.41, 5.74) is 7.87. The molecule has 0 spiro atoms. The first kappa shape index (κ1) is 22.0. The highest BCUT2D eigenvalue weighted by Gasteiger charge is 2.25. The number of nitrogens with zero attached hydrogens (tertiary/aromatic N) is 3. The van der Waals surface area contributed by atoms with E-state index in [1.165, 1.54) is 5.69 Å². The Morgan fingerprint density at radius 2 is 1.64 bits per heavy atom. The Morgan fingerprint density at radius 1 is 1.04 bits per heavy atom. The molecule has 2 saturated heterocycles. The number of piperazine rings is 1. The lowest BCUT2D eigenvalue weighted by Gasteiger charge is -2.38. The normalized spacial score (nSPS) is 21.0. The number of nitrogens with two attached hydrogens (primary N) is 1. The molecule has 1 atom stereocenters. The number of hydrogen-bond donors (Lipinski definition) is 1. The fourth-order valence-corrected chi connectivity index (χ4v) is 3.47. The van der Waals surface area contributed by atoms with Crippen molar-refractivity contribution >= 4 is 36.4 Å². The Bertz CT molecular complexity index is 545. The molecule has 0 aliphatic carbocycles. The molecule has 2 heterocycles. The first-order chi connectivity index (χ1) is 11.0. The molecule has 2 aliphatic rings. The van der Waals surface area contributed by atoms with Gasteiger partial charge in [0.1, 0.15) is 0 Å². The van der Waals surface area contributed by atoms with Crippen LogP contribution in [-0.4, -0.2) is 67.1 Å². The quantitative estimate of drug-likeness (QED) is 0.862. The maximum absolute atomic E-state index is 12.4. The number of carbonyl (C=O) groups excluding carboxylic acids is 1. The van der Waals surface area contributed by atoms with Crippen molar-refractivity contribution in [2.45, 2.75) is 32.4 Å². The summed E-state index contributed by atoms with van der Waals surface area (Å²) in [6.07, 6.45) is 0.907. The van der Waals surface area contributed by atoms with Gasteiger partial charge in [-0.05, 0) is 44.5 Å². The molecule has 7 heteroatoms. The van der Waals surface area contributed by atoms with Gasteiger partial charge in [0.25, 0.3) is 5.91 Å². The van der Waals surface area contributed by atoms with E-state index in [0.29, 0.717) is 12.6 Å². The number of amides is 1. The van der Waals surface area contributed by atoms with E-state index in [2.05, 4.69) is 35.8 Å². The van der Waals surface area contributed by atoms with Gasteiger partial charge in [-0.2, -0.15) is 0 Å². The van der Waals surface area contributed by atoms with Crippen molar-refractivity contribution in [1.29, 1.82) is 0 Å². The summed E-state index contributed by atoms with van der Waals surface area (Å²) in [5.74, 6) is 0.106. The van der Waals surface area contributed by atoms with Crippen LogP contribution in [0.5, 0.6) is 0 Å². The summed E-state index contributed by atoms with van der Waals surface area (Å²) in [4.78, 5) is 19.2. The Balaban J connectivity index is 0.00000156. The second kappa shape index (κ2) is 9.62. The van der Waals surface area contributed by atoms with Crippen molar-refractivity contribution in [1.82, 2.24) is 9.80 Å². The minimum atomic E-state index is 0. The fourth-order valence-electron chi connectivity index (χ4n) is 3.47. The second-order valence-corrected chi connectivity index (χ2v) is 6.96. The van der Waals surface area contributed by atoms with Crippen LogP contribution in [0.1, 0.15) is 30.6 Å². The van der Waals surface area contributed by atoms with Crippen LogP contribution in [0.25, 0.3) is 0 Å². The average molecular weight is 389 g/mol. The van der Waals surface area contributed by atoms with Gasteiger partial charge < -0.3 is 15.5 Å². The van der Waals surface area contributed by atoms with Gasteiger partial charge in [-0.25, -0.2) is 0 Å². The van der Waals surface area contributed by atoms with Gasteiger partial charge in [0, 0.05) is 62.6 Å². The van der Waals surface area contributed by atoms with Gasteiger partial charge in [0.05, 0.1) is 0 Å². The van der Waals surface area contributed by atoms with E-state index in [4.69, 9.17) is 5.73 Å². The molecule has 0 aromatic heterocycles. The van der Waals surface area contributed by atoms with Crippen LogP contribution in [0.3, 0.4) is 0 Å². The largest absolute Gasteiger partial charge is 0.369 e. The Kier molecular flexibility index (Phi) is 8.48. The number of rotatable bonds is 3. The molecule has 2 N–H and O–H groups in total. The standard InChI is InChI=1S/C18H28N4O.2ClH/c1-14(2)20-9-11-21(12-10-20)17-5-3-15(4-6-17)18(23)22-8-7-16(19)13-22;;/h3-6,14,16H,7-13,19H2,1-2H3;2*1H/t16-;;/m1../s1. The van der Waals surface area contributed by atoms with Crippen molar-refractivity contribution in [2.75, 3.05) is 44.2 Å². The third-order valence-electron chi connectivity index (χ3n) is 5.04. The molecule has 1 aromatic carbocycles. The molecule has 142 valence electrons. The summed E-state index contributed by atoms with van der Waals surface area (Å²) in [5, 5.41) is 0. The zero-order valence-electron chi connectivity index (χ0n) is 15.1. The SMILES string of the molecule is CC(C)N1CCN(c2ccc(C(=O)N3CC[C@@H](N)C3)cc2)CC1.Cl.Cl. The summed E-state index contributed by atoms with van der Waals surface area (Å²) in [7, 11) is 0. The molecular weight excluding hydrogens is 359 g/mol. The van der Waals surface area contributed by atoms with Gasteiger partial charge in [0.15, 0.2) is 0 Å². The van der Waals surface area contributed by atoms with Gasteiger partial charge >= 0.3 is 0 Å². The number of hydrogen-bond acceptors (Lipinski definition) is 4. The van der Waals surface area contributed by atoms with Crippen molar-refractivity contribution in [2.24, 2.45) is 5.73 Å². The highest BCUT2D eigenvalue weighted by atomic mass is 35.5. The molecular formula is C18H30Cl2N4O. The lowest BCUT2D eigenvalue weighted by molar-refractivity contribution is 0.0791. The molecule has 25 heavy (non-hydrogen) atoms. The lowest BCUT2D eigenvalue weighted by Crippen LogP contribution is -2.48. The summed E-state index contributed by atoms with van der Waals surface area (Å²) in [6, 6.07) is 8.81. The van der Waals surface area contributed by atoms with Crippen LogP contribution in [0, 0.1) is 0 Å². The van der Waals surface area contributed by atoms with Gasteiger partial charge in [-0.15, -0.1) is 24.8 Å². The van der Waals surface area contributed by atoms with E-state index in [9.17, 15) is 4.79 Å². The topological polar surface area (TPSA) is 52.8 Å². The summed E-state index contributed by atoms with van der Waals surface area (Å²) >= 11 is 0. The number of halogens is 2. The molecule has 2 fully saturated rings. The molecule has 1 amide bonds. The number of likely N-dealkylation sites (tertiary alicyclic amines) is 1. The fraction of sp³-hybridized carbons (Fsp3) is 0.611. The Hall–Kier alpha value is -1.01. The van der Waals surface area contributed by atoms with E-state index in [1.54, 1.807) is 0 Å². The highest BCUT2D eigenvalue weighted by Crippen LogP contribution is 2.20. The monoisotopic (exact) mass is 388 g/mol. The van der Waals surface area contributed by atoms with Gasteiger partial charge in [-0.3, -0.25) is 9.69 Å². The van der Waals surface area contributed by atoms with E-state index >= 15 is 0 Å². The number of carbonyl (C=O) groups is 1. The Morgan fingerprint density at radius 3 is 2.12 bits per heavy atom. The predicted molar refractivity (Wildman–Crippen MR) is 108 cm³/mol. The van der Waals surface area contributed by atoms with Gasteiger partial charge in [0.2, 0.25) is 0 Å². The van der Waals surface area contributed by atoms with Crippen LogP contribution >= 0.6 is 24.8 Å². The average Bonchev–Trinajstić information content (AvgIpc) is 3.01. The molecule has 0 saturated carbocycles. The lowest BCUT2D eigenvalue weighted by atomic mass is 10.1. The smallest absolute Gasteiger partial charge is 0.253 e. The predicted octanol–water partition coefficient (Wildman–Crippen LogP) is 2.23. The molecule has 0 radical (unpaired) electrons. The minimum Gasteiger partial charge on any atom is -0.369 e. The van der Waals surface area contributed by atoms with Crippen LogP contribution in [0.4, 0.5) is 5.69 Å². The first-order valence-corrected chi connectivity index (χ1v) is 8.68. The Labute approximate surface area is 163 Å². The summed E-state index contributed by atoms with van der Waals surface area (Å²) in [6.45, 7) is 10.3. The number of benzene rings is 1. The third kappa shape index (κ3) is 5.23. The van der Waals surface area contributed by atoms with E-state index in [1.807, 2.05) is 17.0 Å². The number of anilines is 1. The maximum atomic E-state index is 12.4. The van der Waals surface area contributed by atoms with Crippen molar-refractivity contribution in [3.63, 3.8) is 0 Å². The van der Waals surface area contributed by atoms with Crippen LogP contribution in [0.2, 0.25) is 0 Å². The molecule has 0 bridgehead atoms. The highest BCUT2D eigenvalue weighted by molar-refractivity contribution is 5.94. The van der Waals surface area contributed by atoms with Crippen molar-refractivity contribution in [3.05, 3.63) is 29.8 Å². The van der Waals surface area contributed by atoms with Crippen molar-refractivity contribution < 1.29 is 4.79 Å². The van der Waals surface area contributed by atoms with Crippen LogP contribution in [0.15, 0.2) is 24.3 Å². The van der Waals surface area contributed by atoms with Gasteiger partial charge in [-0.1, -0.05) is 0 Å². The van der Waals surface area contributed by atoms with Crippen LogP contribution < -0.4 is 10.6 Å². The maximum Gasteiger partial charge on any atom is 0.253 e. The zero-order valence-corrected chi connectivity index (χ0v) is 16.7.